The van der Waals surface area contributed by atoms with Crippen molar-refractivity contribution >= 4 is 28.2 Å². The van der Waals surface area contributed by atoms with E-state index in [1.807, 2.05) is 54.7 Å². The van der Waals surface area contributed by atoms with Gasteiger partial charge in [-0.3, -0.25) is 0 Å². The summed E-state index contributed by atoms with van der Waals surface area (Å²) in [6.45, 7) is 3.43. The fraction of sp³-hybridized carbons (Fsp3) is 0.231. The van der Waals surface area contributed by atoms with Gasteiger partial charge in [-0.1, -0.05) is 30.3 Å². The summed E-state index contributed by atoms with van der Waals surface area (Å²) in [5.41, 5.74) is 4.27. The maximum Gasteiger partial charge on any atom is 0.227 e. The molecule has 4 aromatic rings. The number of halogens is 1. The van der Waals surface area contributed by atoms with E-state index in [0.29, 0.717) is 11.6 Å². The lowest BCUT2D eigenvalue weighted by Gasteiger charge is -2.34. The molecule has 0 atom stereocenters. The second-order valence-corrected chi connectivity index (χ2v) is 8.25. The van der Waals surface area contributed by atoms with Crippen molar-refractivity contribution < 1.29 is 9.13 Å². The highest BCUT2D eigenvalue weighted by Gasteiger charge is 2.18. The van der Waals surface area contributed by atoms with E-state index in [4.69, 9.17) is 9.72 Å². The van der Waals surface area contributed by atoms with Crippen LogP contribution in [0.15, 0.2) is 66.9 Å². The number of nitrogens with zero attached hydrogens (tertiary/aromatic N) is 4. The molecule has 1 aliphatic heterocycles. The zero-order valence-electron chi connectivity index (χ0n) is 18.8. The summed E-state index contributed by atoms with van der Waals surface area (Å²) in [4.78, 5) is 13.6. The van der Waals surface area contributed by atoms with Gasteiger partial charge in [0.1, 0.15) is 11.6 Å². The molecule has 7 heteroatoms. The third-order valence-corrected chi connectivity index (χ3v) is 6.06. The molecule has 0 spiro atoms. The minimum atomic E-state index is -0.216. The number of methoxy groups -OCH3 is 1. The van der Waals surface area contributed by atoms with Crippen molar-refractivity contribution in [2.75, 3.05) is 50.6 Å². The topological polar surface area (TPSA) is 53.5 Å². The van der Waals surface area contributed by atoms with E-state index < -0.39 is 0 Å². The first kappa shape index (κ1) is 21.2. The van der Waals surface area contributed by atoms with Gasteiger partial charge in [-0.05, 0) is 42.9 Å². The number of hydrogen-bond acceptors (Lipinski definition) is 6. The first-order chi connectivity index (χ1) is 16.1. The molecule has 6 nitrogen and oxygen atoms in total. The van der Waals surface area contributed by atoms with Gasteiger partial charge in [-0.15, -0.1) is 0 Å². The normalized spacial score (nSPS) is 14.5. The molecule has 5 rings (SSSR count). The average Bonchev–Trinajstić information content (AvgIpc) is 2.85. The Hall–Kier alpha value is -3.71. The number of ether oxygens (including phenoxy) is 1. The predicted octanol–water partition coefficient (Wildman–Crippen LogP) is 4.94. The van der Waals surface area contributed by atoms with Crippen molar-refractivity contribution in [3.05, 3.63) is 72.7 Å². The first-order valence-corrected chi connectivity index (χ1v) is 11.0. The van der Waals surface area contributed by atoms with Crippen LogP contribution in [0.25, 0.3) is 22.0 Å². The fourth-order valence-corrected chi connectivity index (χ4v) is 4.13. The minimum absolute atomic E-state index is 0.216. The van der Waals surface area contributed by atoms with Crippen LogP contribution in [0.5, 0.6) is 5.75 Å². The summed E-state index contributed by atoms with van der Waals surface area (Å²) < 4.78 is 19.8. The Morgan fingerprint density at radius 2 is 1.76 bits per heavy atom. The summed E-state index contributed by atoms with van der Waals surface area (Å²) in [7, 11) is 3.74. The fourth-order valence-electron chi connectivity index (χ4n) is 4.13. The number of nitrogens with one attached hydrogen (secondary N) is 1. The molecular weight excluding hydrogens is 417 g/mol. The molecule has 0 bridgehead atoms. The van der Waals surface area contributed by atoms with Gasteiger partial charge in [0, 0.05) is 49.0 Å². The molecule has 1 saturated heterocycles. The van der Waals surface area contributed by atoms with Crippen LogP contribution in [0, 0.1) is 5.82 Å². The third kappa shape index (κ3) is 4.45. The van der Waals surface area contributed by atoms with Gasteiger partial charge >= 0.3 is 0 Å². The quantitative estimate of drug-likeness (QED) is 0.472. The molecule has 1 N–H and O–H groups in total. The molecule has 168 valence electrons. The number of piperazine rings is 1. The zero-order valence-corrected chi connectivity index (χ0v) is 18.8. The molecule has 0 unspecified atom stereocenters. The molecule has 3 aromatic carbocycles. The number of likely N-dealkylation sites (N-methyl/N-ethyl adjacent to an activating group) is 1. The summed E-state index contributed by atoms with van der Waals surface area (Å²) >= 11 is 0. The molecule has 0 radical (unpaired) electrons. The van der Waals surface area contributed by atoms with Crippen LogP contribution in [0.2, 0.25) is 0 Å². The van der Waals surface area contributed by atoms with Crippen LogP contribution >= 0.6 is 0 Å². The third-order valence-electron chi connectivity index (χ3n) is 6.06. The summed E-state index contributed by atoms with van der Waals surface area (Å²) in [5, 5.41) is 4.21. The van der Waals surface area contributed by atoms with Crippen molar-refractivity contribution in [1.29, 1.82) is 0 Å². The summed E-state index contributed by atoms with van der Waals surface area (Å²) in [6, 6.07) is 19.0. The van der Waals surface area contributed by atoms with Gasteiger partial charge in [0.05, 0.1) is 18.3 Å². The van der Waals surface area contributed by atoms with E-state index in [1.54, 1.807) is 13.2 Å². The van der Waals surface area contributed by atoms with Gasteiger partial charge in [-0.2, -0.15) is 0 Å². The van der Waals surface area contributed by atoms with E-state index in [9.17, 15) is 4.39 Å². The lowest BCUT2D eigenvalue weighted by atomic mass is 10.0. The van der Waals surface area contributed by atoms with Crippen LogP contribution in [0.1, 0.15) is 0 Å². The maximum absolute atomic E-state index is 14.6. The molecule has 1 aliphatic rings. The number of hydrogen-bond donors (Lipinski definition) is 1. The second-order valence-electron chi connectivity index (χ2n) is 8.25. The molecule has 2 heterocycles. The number of para-hydroxylation sites is 1. The van der Waals surface area contributed by atoms with Gasteiger partial charge in [0.2, 0.25) is 5.95 Å². The number of aromatic nitrogens is 2. The van der Waals surface area contributed by atoms with Crippen molar-refractivity contribution in [2.45, 2.75) is 0 Å². The van der Waals surface area contributed by atoms with Crippen LogP contribution in [-0.2, 0) is 0 Å². The highest BCUT2D eigenvalue weighted by molar-refractivity contribution is 5.94. The molecule has 0 saturated carbocycles. The maximum atomic E-state index is 14.6. The van der Waals surface area contributed by atoms with Gasteiger partial charge in [-0.25, -0.2) is 14.4 Å². The second kappa shape index (κ2) is 9.03. The molecular formula is C26H26FN5O. The molecule has 1 aromatic heterocycles. The Labute approximate surface area is 192 Å². The van der Waals surface area contributed by atoms with Crippen LogP contribution in [0.4, 0.5) is 21.7 Å². The van der Waals surface area contributed by atoms with Gasteiger partial charge < -0.3 is 19.9 Å². The van der Waals surface area contributed by atoms with E-state index in [0.717, 1.165) is 59.6 Å². The monoisotopic (exact) mass is 443 g/mol. The summed E-state index contributed by atoms with van der Waals surface area (Å²) in [6.07, 6.45) is 1.81. The minimum Gasteiger partial charge on any atom is -0.497 e. The number of fused-ring (bicyclic) bond motifs is 1. The largest absolute Gasteiger partial charge is 0.497 e. The highest BCUT2D eigenvalue weighted by Crippen LogP contribution is 2.30. The first-order valence-electron chi connectivity index (χ1n) is 11.0. The Morgan fingerprint density at radius 1 is 0.970 bits per heavy atom. The highest BCUT2D eigenvalue weighted by atomic mass is 19.1. The average molecular weight is 444 g/mol. The number of anilines is 3. The van der Waals surface area contributed by atoms with Crippen LogP contribution in [0.3, 0.4) is 0 Å². The molecule has 0 aliphatic carbocycles. The SMILES string of the molecule is COc1ccc(-c2cccc3cnc(Nc4ccc(F)c(N5CCN(C)CC5)c4)nc23)cc1. The van der Waals surface area contributed by atoms with Crippen molar-refractivity contribution in [2.24, 2.45) is 0 Å². The van der Waals surface area contributed by atoms with Crippen molar-refractivity contribution in [3.63, 3.8) is 0 Å². The van der Waals surface area contributed by atoms with Gasteiger partial charge in [0.15, 0.2) is 0 Å². The number of benzene rings is 3. The molecule has 33 heavy (non-hydrogen) atoms. The Bertz CT molecular complexity index is 1270. The van der Waals surface area contributed by atoms with Crippen LogP contribution in [-0.4, -0.2) is 55.2 Å². The van der Waals surface area contributed by atoms with Gasteiger partial charge in [0.25, 0.3) is 0 Å². The van der Waals surface area contributed by atoms with E-state index >= 15 is 0 Å². The Morgan fingerprint density at radius 3 is 2.52 bits per heavy atom. The molecule has 1 fully saturated rings. The lowest BCUT2D eigenvalue weighted by molar-refractivity contribution is 0.311. The lowest BCUT2D eigenvalue weighted by Crippen LogP contribution is -2.44. The van der Waals surface area contributed by atoms with Crippen molar-refractivity contribution in [3.8, 4) is 16.9 Å². The predicted molar refractivity (Wildman–Crippen MR) is 131 cm³/mol. The van der Waals surface area contributed by atoms with Crippen molar-refractivity contribution in [1.82, 2.24) is 14.9 Å². The standard InChI is InChI=1S/C26H26FN5O/c1-31-12-14-32(15-13-31)24-16-20(8-11-23(24)27)29-26-28-17-19-4-3-5-22(25(19)30-26)18-6-9-21(33-2)10-7-18/h3-11,16-17H,12-15H2,1-2H3,(H,28,29,30). The van der Waals surface area contributed by atoms with E-state index in [-0.39, 0.29) is 5.82 Å². The van der Waals surface area contributed by atoms with E-state index in [1.165, 1.54) is 6.07 Å². The molecule has 0 amide bonds. The zero-order chi connectivity index (χ0) is 22.8. The van der Waals surface area contributed by atoms with Crippen LogP contribution < -0.4 is 15.0 Å². The smallest absolute Gasteiger partial charge is 0.227 e. The summed E-state index contributed by atoms with van der Waals surface area (Å²) in [5.74, 6) is 1.06. The van der Waals surface area contributed by atoms with E-state index in [2.05, 4.69) is 27.1 Å². The Kier molecular flexibility index (Phi) is 5.79. The Balaban J connectivity index is 1.45. The number of rotatable bonds is 5.